The minimum Gasteiger partial charge on any atom is -0.293 e. The smallest absolute Gasteiger partial charge is 0.286 e. The Kier molecular flexibility index (Phi) is 5.79. The van der Waals surface area contributed by atoms with Crippen molar-refractivity contribution in [1.29, 1.82) is 0 Å². The molecule has 0 unspecified atom stereocenters. The van der Waals surface area contributed by atoms with Crippen LogP contribution in [0.25, 0.3) is 11.3 Å². The lowest BCUT2D eigenvalue weighted by Crippen LogP contribution is -2.13. The molecule has 1 aromatic heterocycles. The zero-order valence-corrected chi connectivity index (χ0v) is 17.4. The van der Waals surface area contributed by atoms with Crippen LogP contribution in [0.5, 0.6) is 0 Å². The molecule has 0 aliphatic carbocycles. The molecule has 3 aromatic rings. The van der Waals surface area contributed by atoms with Gasteiger partial charge >= 0.3 is 0 Å². The number of carbonyl (C=O) groups is 1. The number of nitrogens with one attached hydrogen (secondary N) is 2. The molecular weight excluding hydrogens is 497 g/mol. The van der Waals surface area contributed by atoms with Crippen molar-refractivity contribution in [1.82, 2.24) is 4.98 Å². The maximum Gasteiger partial charge on any atom is 0.286 e. The molecule has 0 aliphatic heterocycles. The highest BCUT2D eigenvalue weighted by Gasteiger charge is 2.15. The molecule has 0 radical (unpaired) electrons. The van der Waals surface area contributed by atoms with Crippen LogP contribution >= 0.6 is 33.9 Å². The van der Waals surface area contributed by atoms with Crippen molar-refractivity contribution in [2.75, 3.05) is 10.0 Å². The molecule has 136 valence electrons. The van der Waals surface area contributed by atoms with E-state index in [1.54, 1.807) is 58.3 Å². The van der Waals surface area contributed by atoms with Crippen LogP contribution in [0.4, 0.5) is 15.6 Å². The van der Waals surface area contributed by atoms with Gasteiger partial charge in [0.1, 0.15) is 0 Å². The molecule has 3 rings (SSSR count). The lowest BCUT2D eigenvalue weighted by Gasteiger charge is -2.09. The molecule has 2 aromatic carbocycles. The highest BCUT2D eigenvalue weighted by atomic mass is 127. The number of rotatable bonds is 5. The van der Waals surface area contributed by atoms with E-state index in [9.17, 15) is 13.2 Å². The third kappa shape index (κ3) is 4.85. The number of hydrogen-bond acceptors (Lipinski definition) is 5. The number of aromatic nitrogens is 1. The first-order valence-electron chi connectivity index (χ1n) is 7.49. The van der Waals surface area contributed by atoms with Gasteiger partial charge in [0, 0.05) is 44.8 Å². The van der Waals surface area contributed by atoms with Crippen LogP contribution in [0.3, 0.4) is 0 Å². The Labute approximate surface area is 174 Å². The lowest BCUT2D eigenvalue weighted by molar-refractivity contribution is 0.272. The molecule has 1 amide bonds. The number of benzene rings is 2. The number of terminal acetylenes is 1. The topological polar surface area (TPSA) is 88.2 Å². The van der Waals surface area contributed by atoms with Crippen LogP contribution in [0.1, 0.15) is 5.56 Å². The largest absolute Gasteiger partial charge is 0.293 e. The van der Waals surface area contributed by atoms with Gasteiger partial charge in [0.15, 0.2) is 5.13 Å². The van der Waals surface area contributed by atoms with E-state index < -0.39 is 10.0 Å². The summed E-state index contributed by atoms with van der Waals surface area (Å²) in [5, 5.41) is 4.86. The summed E-state index contributed by atoms with van der Waals surface area (Å²) in [5.41, 5.74) is 2.23. The minimum absolute atomic E-state index is 0.0871. The second-order valence-corrected chi connectivity index (χ2v) is 8.82. The first-order chi connectivity index (χ1) is 12.9. The maximum absolute atomic E-state index is 12.6. The fraction of sp³-hybridized carbons (Fsp3) is 0. The van der Waals surface area contributed by atoms with Gasteiger partial charge in [-0.3, -0.25) is 14.8 Å². The average Bonchev–Trinajstić information content (AvgIpc) is 3.09. The van der Waals surface area contributed by atoms with E-state index in [4.69, 9.17) is 6.42 Å². The highest BCUT2D eigenvalue weighted by molar-refractivity contribution is 14.1. The van der Waals surface area contributed by atoms with Gasteiger partial charge in [-0.2, -0.15) is 0 Å². The summed E-state index contributed by atoms with van der Waals surface area (Å²) in [6, 6.07) is 13.0. The normalized spacial score (nSPS) is 10.8. The van der Waals surface area contributed by atoms with E-state index in [0.717, 1.165) is 5.56 Å². The molecule has 27 heavy (non-hydrogen) atoms. The molecule has 0 atom stereocenters. The standard InChI is InChI=1S/C18H12IN3O3S2/c1-2-12-5-3-8-15(9-12)27(24,25)22-14-7-4-6-13(10-14)16-11-26-18(20-16)21-17(19)23/h1,3-11,22H,(H,20,21,23). The third-order valence-electron chi connectivity index (χ3n) is 3.43. The van der Waals surface area contributed by atoms with E-state index in [0.29, 0.717) is 22.1 Å². The number of anilines is 2. The predicted molar refractivity (Wildman–Crippen MR) is 116 cm³/mol. The number of nitrogens with zero attached hydrogens (tertiary/aromatic N) is 1. The zero-order chi connectivity index (χ0) is 19.4. The summed E-state index contributed by atoms with van der Waals surface area (Å²) < 4.78 is 27.5. The Balaban J connectivity index is 1.86. The summed E-state index contributed by atoms with van der Waals surface area (Å²) in [6.07, 6.45) is 5.33. The van der Waals surface area contributed by atoms with E-state index >= 15 is 0 Å². The van der Waals surface area contributed by atoms with E-state index in [2.05, 4.69) is 20.9 Å². The molecule has 0 saturated carbocycles. The fourth-order valence-electron chi connectivity index (χ4n) is 2.26. The Morgan fingerprint density at radius 2 is 1.96 bits per heavy atom. The van der Waals surface area contributed by atoms with E-state index in [1.807, 2.05) is 6.07 Å². The van der Waals surface area contributed by atoms with Gasteiger partial charge < -0.3 is 0 Å². The Bertz CT molecular complexity index is 1150. The Hall–Kier alpha value is -2.42. The maximum atomic E-state index is 12.6. The lowest BCUT2D eigenvalue weighted by atomic mass is 10.1. The molecular formula is C18H12IN3O3S2. The van der Waals surface area contributed by atoms with Gasteiger partial charge in [-0.05, 0) is 30.3 Å². The van der Waals surface area contributed by atoms with Gasteiger partial charge in [-0.1, -0.05) is 24.1 Å². The number of carbonyl (C=O) groups excluding carboxylic acids is 1. The number of halogens is 1. The molecule has 0 spiro atoms. The fourth-order valence-corrected chi connectivity index (χ4v) is 4.51. The molecule has 0 saturated heterocycles. The molecule has 6 nitrogen and oxygen atoms in total. The van der Waals surface area contributed by atoms with Crippen LogP contribution in [0.2, 0.25) is 0 Å². The monoisotopic (exact) mass is 509 g/mol. The number of thiazole rings is 1. The zero-order valence-electron chi connectivity index (χ0n) is 13.6. The summed E-state index contributed by atoms with van der Waals surface area (Å²) in [5.74, 6) is 2.42. The number of hydrogen-bond donors (Lipinski definition) is 2. The van der Waals surface area contributed by atoms with Gasteiger partial charge in [0.05, 0.1) is 10.6 Å². The summed E-state index contributed by atoms with van der Waals surface area (Å²) in [4.78, 5) is 15.5. The average molecular weight is 509 g/mol. The van der Waals surface area contributed by atoms with Gasteiger partial charge in [0.25, 0.3) is 13.9 Å². The van der Waals surface area contributed by atoms with Crippen molar-refractivity contribution in [2.24, 2.45) is 0 Å². The molecule has 0 fully saturated rings. The SMILES string of the molecule is C#Cc1cccc(S(=O)(=O)Nc2cccc(-c3csc(NC(=O)I)n3)c2)c1. The van der Waals surface area contributed by atoms with Crippen molar-refractivity contribution in [3.8, 4) is 23.6 Å². The number of sulfonamides is 1. The predicted octanol–water partition coefficient (Wildman–Crippen LogP) is 4.56. The highest BCUT2D eigenvalue weighted by Crippen LogP contribution is 2.28. The van der Waals surface area contributed by atoms with Crippen molar-refractivity contribution in [2.45, 2.75) is 4.90 Å². The minimum atomic E-state index is -3.78. The van der Waals surface area contributed by atoms with Gasteiger partial charge in [-0.25, -0.2) is 13.4 Å². The second kappa shape index (κ2) is 8.08. The van der Waals surface area contributed by atoms with E-state index in [1.165, 1.54) is 23.5 Å². The summed E-state index contributed by atoms with van der Waals surface area (Å²) in [6.45, 7) is 0. The summed E-state index contributed by atoms with van der Waals surface area (Å²) >= 11 is 2.92. The van der Waals surface area contributed by atoms with Crippen molar-refractivity contribution >= 4 is 58.7 Å². The van der Waals surface area contributed by atoms with Crippen LogP contribution < -0.4 is 10.0 Å². The quantitative estimate of drug-likeness (QED) is 0.229. The molecule has 0 aliphatic rings. The molecule has 0 bridgehead atoms. The molecule has 9 heteroatoms. The third-order valence-corrected chi connectivity index (χ3v) is 5.84. The number of amides is 1. The van der Waals surface area contributed by atoms with Crippen LogP contribution in [-0.4, -0.2) is 17.3 Å². The van der Waals surface area contributed by atoms with Crippen LogP contribution in [0, 0.1) is 12.3 Å². The summed E-state index contributed by atoms with van der Waals surface area (Å²) in [7, 11) is -3.78. The second-order valence-electron chi connectivity index (χ2n) is 5.30. The van der Waals surface area contributed by atoms with E-state index in [-0.39, 0.29) is 8.81 Å². The van der Waals surface area contributed by atoms with Gasteiger partial charge in [0.2, 0.25) is 0 Å². The first-order valence-corrected chi connectivity index (χ1v) is 10.9. The van der Waals surface area contributed by atoms with Crippen molar-refractivity contribution < 1.29 is 13.2 Å². The van der Waals surface area contributed by atoms with Gasteiger partial charge in [-0.15, -0.1) is 17.8 Å². The Morgan fingerprint density at radius 3 is 2.70 bits per heavy atom. The molecule has 1 heterocycles. The van der Waals surface area contributed by atoms with Crippen molar-refractivity contribution in [3.63, 3.8) is 0 Å². The van der Waals surface area contributed by atoms with Crippen LogP contribution in [0.15, 0.2) is 58.8 Å². The molecule has 2 N–H and O–H groups in total. The van der Waals surface area contributed by atoms with Crippen LogP contribution in [-0.2, 0) is 10.0 Å². The Morgan fingerprint density at radius 1 is 1.19 bits per heavy atom. The first kappa shape index (κ1) is 19.3. The van der Waals surface area contributed by atoms with Crippen molar-refractivity contribution in [3.05, 3.63) is 59.5 Å².